The number of pyridine rings is 2. The van der Waals surface area contributed by atoms with Crippen LogP contribution in [0.5, 0.6) is 0 Å². The van der Waals surface area contributed by atoms with Crippen LogP contribution in [0.1, 0.15) is 43.5 Å². The Morgan fingerprint density at radius 1 is 1.29 bits per heavy atom. The molecule has 0 aliphatic carbocycles. The molecular weight excluding hydrogens is 442 g/mol. The van der Waals surface area contributed by atoms with E-state index in [2.05, 4.69) is 34.4 Å². The number of amides is 1. The van der Waals surface area contributed by atoms with Crippen LogP contribution >= 0.6 is 11.6 Å². The smallest absolute Gasteiger partial charge is 0.281 e. The molecule has 0 saturated carbocycles. The maximum absolute atomic E-state index is 12.5. The third-order valence-corrected chi connectivity index (χ3v) is 6.56. The third kappa shape index (κ3) is 6.28. The van der Waals surface area contributed by atoms with E-state index in [0.717, 1.165) is 31.9 Å². The Kier molecular flexibility index (Phi) is 7.03. The molecule has 2 aromatic heterocycles. The highest BCUT2D eigenvalue weighted by Crippen LogP contribution is 2.26. The highest BCUT2D eigenvalue weighted by Gasteiger charge is 2.29. The van der Waals surface area contributed by atoms with E-state index in [0.29, 0.717) is 18.3 Å². The standard InChI is InChI=1S/C20H26ClN5O4S/c1-20(2)11-13(12-23-20)5-4-10-22-16-6-3-7-17(25-16)31(29,30)26-19(28)14-8-9-15(21)24-18(14)27/h3,6-9,13,23H,4-5,10-12H2,1-2H3,(H,22,25)(H,24,27)(H,26,28)/t13-/m0/s1. The van der Waals surface area contributed by atoms with Gasteiger partial charge >= 0.3 is 0 Å². The van der Waals surface area contributed by atoms with Gasteiger partial charge in [-0.25, -0.2) is 9.71 Å². The van der Waals surface area contributed by atoms with Crippen LogP contribution in [0.25, 0.3) is 0 Å². The molecule has 4 N–H and O–H groups in total. The number of anilines is 1. The molecule has 1 amide bonds. The average Bonchev–Trinajstić information content (AvgIpc) is 3.03. The van der Waals surface area contributed by atoms with Gasteiger partial charge in [-0.05, 0) is 69.8 Å². The summed E-state index contributed by atoms with van der Waals surface area (Å²) in [5.74, 6) is -0.0431. The number of hydrogen-bond donors (Lipinski definition) is 4. The van der Waals surface area contributed by atoms with Gasteiger partial charge < -0.3 is 15.6 Å². The fourth-order valence-corrected chi connectivity index (χ4v) is 4.70. The van der Waals surface area contributed by atoms with Crippen molar-refractivity contribution in [3.8, 4) is 0 Å². The summed E-state index contributed by atoms with van der Waals surface area (Å²) in [5.41, 5.74) is -0.972. The summed E-state index contributed by atoms with van der Waals surface area (Å²) in [4.78, 5) is 30.4. The lowest BCUT2D eigenvalue weighted by Crippen LogP contribution is -2.34. The molecule has 3 rings (SSSR count). The van der Waals surface area contributed by atoms with Gasteiger partial charge in [-0.2, -0.15) is 8.42 Å². The quantitative estimate of drug-likeness (QED) is 0.345. The lowest BCUT2D eigenvalue weighted by Gasteiger charge is -2.17. The van der Waals surface area contributed by atoms with Gasteiger partial charge in [0.15, 0.2) is 5.03 Å². The number of hydrogen-bond acceptors (Lipinski definition) is 7. The third-order valence-electron chi connectivity index (χ3n) is 5.11. The van der Waals surface area contributed by atoms with Crippen LogP contribution in [0.2, 0.25) is 5.15 Å². The molecule has 2 aromatic rings. The van der Waals surface area contributed by atoms with E-state index in [1.165, 1.54) is 18.2 Å². The second kappa shape index (κ2) is 9.37. The summed E-state index contributed by atoms with van der Waals surface area (Å²) in [7, 11) is -4.26. The molecule has 1 aliphatic rings. The first-order valence-electron chi connectivity index (χ1n) is 9.98. The molecule has 1 aliphatic heterocycles. The molecule has 3 heterocycles. The number of aromatic amines is 1. The first-order chi connectivity index (χ1) is 14.6. The summed E-state index contributed by atoms with van der Waals surface area (Å²) in [6.07, 6.45) is 3.12. The Labute approximate surface area is 186 Å². The lowest BCUT2D eigenvalue weighted by atomic mass is 9.94. The predicted octanol–water partition coefficient (Wildman–Crippen LogP) is 2.12. The summed E-state index contributed by atoms with van der Waals surface area (Å²) in [6, 6.07) is 6.91. The zero-order valence-corrected chi connectivity index (χ0v) is 18.9. The van der Waals surface area contributed by atoms with Gasteiger partial charge in [-0.1, -0.05) is 17.7 Å². The van der Waals surface area contributed by atoms with E-state index >= 15 is 0 Å². The molecule has 31 heavy (non-hydrogen) atoms. The van der Waals surface area contributed by atoms with Gasteiger partial charge in [0.1, 0.15) is 16.5 Å². The van der Waals surface area contributed by atoms with Gasteiger partial charge in [0.2, 0.25) is 0 Å². The van der Waals surface area contributed by atoms with Crippen molar-refractivity contribution in [2.24, 2.45) is 5.92 Å². The topological polar surface area (TPSA) is 133 Å². The number of halogens is 1. The Morgan fingerprint density at radius 2 is 2.06 bits per heavy atom. The summed E-state index contributed by atoms with van der Waals surface area (Å²) in [5, 5.41) is 6.34. The molecule has 168 valence electrons. The predicted molar refractivity (Wildman–Crippen MR) is 119 cm³/mol. The van der Waals surface area contributed by atoms with Crippen LogP contribution in [0.4, 0.5) is 5.82 Å². The number of H-pyrrole nitrogens is 1. The van der Waals surface area contributed by atoms with E-state index in [1.54, 1.807) is 6.07 Å². The number of carbonyl (C=O) groups is 1. The van der Waals surface area contributed by atoms with Crippen LogP contribution < -0.4 is 20.9 Å². The normalized spacial score (nSPS) is 18.0. The fraction of sp³-hybridized carbons (Fsp3) is 0.450. The zero-order valence-electron chi connectivity index (χ0n) is 17.4. The van der Waals surface area contributed by atoms with Gasteiger partial charge in [0, 0.05) is 12.1 Å². The largest absolute Gasteiger partial charge is 0.370 e. The van der Waals surface area contributed by atoms with Crippen LogP contribution in [-0.4, -0.2) is 42.9 Å². The molecule has 9 nitrogen and oxygen atoms in total. The Bertz CT molecular complexity index is 1120. The van der Waals surface area contributed by atoms with Crippen molar-refractivity contribution in [2.75, 3.05) is 18.4 Å². The van der Waals surface area contributed by atoms with Gasteiger partial charge in [0.05, 0.1) is 0 Å². The van der Waals surface area contributed by atoms with Gasteiger partial charge in [0.25, 0.3) is 21.5 Å². The van der Waals surface area contributed by atoms with Crippen molar-refractivity contribution in [3.05, 3.63) is 51.4 Å². The van der Waals surface area contributed by atoms with Crippen molar-refractivity contribution in [2.45, 2.75) is 43.7 Å². The van der Waals surface area contributed by atoms with E-state index in [1.807, 2.05) is 4.72 Å². The molecule has 1 saturated heterocycles. The number of sulfonamides is 1. The molecule has 1 fully saturated rings. The Morgan fingerprint density at radius 3 is 2.74 bits per heavy atom. The number of nitrogens with zero attached hydrogens (tertiary/aromatic N) is 1. The monoisotopic (exact) mass is 467 g/mol. The molecule has 1 atom stereocenters. The lowest BCUT2D eigenvalue weighted by molar-refractivity contribution is 0.0980. The SMILES string of the molecule is CC1(C)C[C@H](CCCNc2cccc(S(=O)(=O)NC(=O)c3ccc(Cl)[nH]c3=O)n2)CN1. The minimum absolute atomic E-state index is 0.0396. The van der Waals surface area contributed by atoms with Gasteiger partial charge in [-0.3, -0.25) is 9.59 Å². The van der Waals surface area contributed by atoms with E-state index in [4.69, 9.17) is 11.6 Å². The molecular formula is C20H26ClN5O4S. The molecule has 0 spiro atoms. The highest BCUT2D eigenvalue weighted by molar-refractivity contribution is 7.90. The number of rotatable bonds is 8. The molecule has 0 unspecified atom stereocenters. The second-order valence-electron chi connectivity index (χ2n) is 8.25. The van der Waals surface area contributed by atoms with E-state index in [-0.39, 0.29) is 21.3 Å². The van der Waals surface area contributed by atoms with Crippen molar-refractivity contribution in [3.63, 3.8) is 0 Å². The summed E-state index contributed by atoms with van der Waals surface area (Å²) < 4.78 is 26.9. The molecule has 11 heteroatoms. The molecule has 0 radical (unpaired) electrons. The number of carbonyl (C=O) groups excluding carboxylic acids is 1. The first kappa shape index (κ1) is 23.2. The maximum Gasteiger partial charge on any atom is 0.281 e. The van der Waals surface area contributed by atoms with Crippen molar-refractivity contribution in [1.82, 2.24) is 20.0 Å². The van der Waals surface area contributed by atoms with Crippen LogP contribution in [0, 0.1) is 5.92 Å². The van der Waals surface area contributed by atoms with E-state index < -0.39 is 21.5 Å². The van der Waals surface area contributed by atoms with Gasteiger partial charge in [-0.15, -0.1) is 0 Å². The highest BCUT2D eigenvalue weighted by atomic mass is 35.5. The number of nitrogens with one attached hydrogen (secondary N) is 4. The van der Waals surface area contributed by atoms with E-state index in [9.17, 15) is 18.0 Å². The number of aromatic nitrogens is 2. The van der Waals surface area contributed by atoms with Crippen molar-refractivity contribution >= 4 is 33.3 Å². The van der Waals surface area contributed by atoms with Crippen molar-refractivity contribution < 1.29 is 13.2 Å². The minimum atomic E-state index is -4.26. The summed E-state index contributed by atoms with van der Waals surface area (Å²) >= 11 is 5.64. The summed E-state index contributed by atoms with van der Waals surface area (Å²) in [6.45, 7) is 6.06. The Hall–Kier alpha value is -2.43. The minimum Gasteiger partial charge on any atom is -0.370 e. The second-order valence-corrected chi connectivity index (χ2v) is 10.3. The molecule has 0 aromatic carbocycles. The average molecular weight is 468 g/mol. The Balaban J connectivity index is 1.58. The fourth-order valence-electron chi connectivity index (χ4n) is 3.62. The van der Waals surface area contributed by atoms with Crippen LogP contribution in [-0.2, 0) is 10.0 Å². The first-order valence-corrected chi connectivity index (χ1v) is 11.8. The molecule has 0 bridgehead atoms. The van der Waals surface area contributed by atoms with Crippen molar-refractivity contribution in [1.29, 1.82) is 0 Å². The van der Waals surface area contributed by atoms with Crippen LogP contribution in [0.15, 0.2) is 40.2 Å². The van der Waals surface area contributed by atoms with Crippen LogP contribution in [0.3, 0.4) is 0 Å². The zero-order chi connectivity index (χ0) is 22.6. The maximum atomic E-state index is 12.5.